The quantitative estimate of drug-likeness (QED) is 0.440. The van der Waals surface area contributed by atoms with Crippen LogP contribution in [0.5, 0.6) is 11.5 Å². The third kappa shape index (κ3) is 5.24. The molecular weight excluding hydrogens is 407 g/mol. The van der Waals surface area contributed by atoms with Crippen LogP contribution >= 0.6 is 22.6 Å². The minimum atomic E-state index is -0.313. The number of nitrogens with zero attached hydrogens (tertiary/aromatic N) is 1. The first-order valence-electron chi connectivity index (χ1n) is 6.95. The predicted molar refractivity (Wildman–Crippen MR) is 98.0 cm³/mol. The number of hydrogen-bond donors (Lipinski definition) is 1. The molecule has 6 heteroatoms. The minimum Gasteiger partial charge on any atom is -0.497 e. The van der Waals surface area contributed by atoms with Gasteiger partial charge in [0.25, 0.3) is 5.91 Å². The fraction of sp³-hybridized carbons (Fsp3) is 0.176. The summed E-state index contributed by atoms with van der Waals surface area (Å²) in [6.45, 7) is 1.73. The van der Waals surface area contributed by atoms with Crippen LogP contribution in [-0.2, 0) is 4.79 Å². The van der Waals surface area contributed by atoms with Crippen molar-refractivity contribution in [2.45, 2.75) is 6.92 Å². The standard InChI is InChI=1S/C17H17IN2O3/c1-12(13-6-4-3-5-7-13)19-20-17(21)11-23-16-9-8-14(22-2)10-15(16)18/h3-10H,11H2,1-2H3,(H,20,21)/b19-12+. The summed E-state index contributed by atoms with van der Waals surface area (Å²) in [7, 11) is 1.60. The van der Waals surface area contributed by atoms with Gasteiger partial charge in [0, 0.05) is 0 Å². The normalized spacial score (nSPS) is 11.0. The van der Waals surface area contributed by atoms with E-state index in [2.05, 4.69) is 33.1 Å². The highest BCUT2D eigenvalue weighted by Crippen LogP contribution is 2.25. The summed E-state index contributed by atoms with van der Waals surface area (Å²) in [4.78, 5) is 11.8. The first-order chi connectivity index (χ1) is 11.1. The van der Waals surface area contributed by atoms with E-state index in [1.54, 1.807) is 19.2 Å². The van der Waals surface area contributed by atoms with Gasteiger partial charge in [-0.05, 0) is 53.3 Å². The van der Waals surface area contributed by atoms with Gasteiger partial charge in [-0.25, -0.2) is 5.43 Å². The lowest BCUT2D eigenvalue weighted by atomic mass is 10.1. The van der Waals surface area contributed by atoms with E-state index in [0.29, 0.717) is 5.75 Å². The monoisotopic (exact) mass is 424 g/mol. The van der Waals surface area contributed by atoms with E-state index >= 15 is 0 Å². The maximum Gasteiger partial charge on any atom is 0.277 e. The summed E-state index contributed by atoms with van der Waals surface area (Å²) in [5.41, 5.74) is 4.18. The van der Waals surface area contributed by atoms with Gasteiger partial charge >= 0.3 is 0 Å². The molecular formula is C17H17IN2O3. The van der Waals surface area contributed by atoms with E-state index in [1.807, 2.05) is 43.3 Å². The molecule has 0 heterocycles. The van der Waals surface area contributed by atoms with Gasteiger partial charge in [0.05, 0.1) is 16.4 Å². The van der Waals surface area contributed by atoms with Crippen LogP contribution in [0.1, 0.15) is 12.5 Å². The summed E-state index contributed by atoms with van der Waals surface area (Å²) in [6, 6.07) is 15.0. The number of hydrogen-bond acceptors (Lipinski definition) is 4. The molecule has 0 radical (unpaired) electrons. The molecule has 0 bridgehead atoms. The smallest absolute Gasteiger partial charge is 0.277 e. The fourth-order valence-corrected chi connectivity index (χ4v) is 2.43. The van der Waals surface area contributed by atoms with Crippen molar-refractivity contribution in [3.63, 3.8) is 0 Å². The number of rotatable bonds is 6. The Morgan fingerprint density at radius 1 is 1.22 bits per heavy atom. The second-order valence-corrected chi connectivity index (χ2v) is 5.85. The van der Waals surface area contributed by atoms with E-state index in [-0.39, 0.29) is 12.5 Å². The molecule has 0 aliphatic rings. The van der Waals surface area contributed by atoms with Gasteiger partial charge in [0.1, 0.15) is 11.5 Å². The molecule has 5 nitrogen and oxygen atoms in total. The highest BCUT2D eigenvalue weighted by Gasteiger charge is 2.06. The van der Waals surface area contributed by atoms with Crippen LogP contribution in [0, 0.1) is 3.57 Å². The zero-order chi connectivity index (χ0) is 16.7. The Morgan fingerprint density at radius 2 is 1.96 bits per heavy atom. The molecule has 23 heavy (non-hydrogen) atoms. The van der Waals surface area contributed by atoms with Crippen molar-refractivity contribution in [1.82, 2.24) is 5.43 Å². The number of methoxy groups -OCH3 is 1. The van der Waals surface area contributed by atoms with Crippen LogP contribution in [0.25, 0.3) is 0 Å². The third-order valence-electron chi connectivity index (χ3n) is 3.04. The molecule has 1 N–H and O–H groups in total. The molecule has 120 valence electrons. The fourth-order valence-electron chi connectivity index (χ4n) is 1.79. The third-order valence-corrected chi connectivity index (χ3v) is 3.88. The Kier molecular flexibility index (Phi) is 6.40. The van der Waals surface area contributed by atoms with E-state index in [1.165, 1.54) is 0 Å². The Balaban J connectivity index is 1.88. The summed E-state index contributed by atoms with van der Waals surface area (Å²) >= 11 is 2.13. The molecule has 1 amide bonds. The molecule has 0 saturated carbocycles. The van der Waals surface area contributed by atoms with Crippen LogP contribution in [0.2, 0.25) is 0 Å². The Hall–Kier alpha value is -2.09. The van der Waals surface area contributed by atoms with E-state index in [4.69, 9.17) is 9.47 Å². The van der Waals surface area contributed by atoms with Crippen LogP contribution in [-0.4, -0.2) is 25.3 Å². The Labute approximate surface area is 148 Å². The summed E-state index contributed by atoms with van der Waals surface area (Å²) in [5, 5.41) is 4.07. The highest BCUT2D eigenvalue weighted by atomic mass is 127. The number of hydrazone groups is 1. The molecule has 2 aromatic carbocycles. The zero-order valence-corrected chi connectivity index (χ0v) is 15.0. The Morgan fingerprint density at radius 3 is 2.61 bits per heavy atom. The topological polar surface area (TPSA) is 59.9 Å². The average molecular weight is 424 g/mol. The van der Waals surface area contributed by atoms with Crippen molar-refractivity contribution in [2.24, 2.45) is 5.10 Å². The van der Waals surface area contributed by atoms with Crippen molar-refractivity contribution >= 4 is 34.2 Å². The van der Waals surface area contributed by atoms with Gasteiger partial charge in [-0.1, -0.05) is 30.3 Å². The van der Waals surface area contributed by atoms with E-state index in [0.717, 1.165) is 20.6 Å². The number of nitrogens with one attached hydrogen (secondary N) is 1. The van der Waals surface area contributed by atoms with Crippen molar-refractivity contribution in [3.05, 3.63) is 57.7 Å². The van der Waals surface area contributed by atoms with Gasteiger partial charge in [0.15, 0.2) is 6.61 Å². The van der Waals surface area contributed by atoms with E-state index < -0.39 is 0 Å². The van der Waals surface area contributed by atoms with Crippen LogP contribution in [0.3, 0.4) is 0 Å². The lowest BCUT2D eigenvalue weighted by Crippen LogP contribution is -2.25. The van der Waals surface area contributed by atoms with E-state index in [9.17, 15) is 4.79 Å². The minimum absolute atomic E-state index is 0.103. The zero-order valence-electron chi connectivity index (χ0n) is 12.9. The second kappa shape index (κ2) is 8.52. The van der Waals surface area contributed by atoms with Crippen LogP contribution in [0.15, 0.2) is 53.6 Å². The molecule has 0 saturated heterocycles. The first-order valence-corrected chi connectivity index (χ1v) is 8.03. The number of amides is 1. The Bertz CT molecular complexity index is 702. The second-order valence-electron chi connectivity index (χ2n) is 4.68. The predicted octanol–water partition coefficient (Wildman–Crippen LogP) is 3.22. The molecule has 0 spiro atoms. The van der Waals surface area contributed by atoms with Crippen molar-refractivity contribution in [2.75, 3.05) is 13.7 Å². The van der Waals surface area contributed by atoms with Gasteiger partial charge in [-0.15, -0.1) is 0 Å². The van der Waals surface area contributed by atoms with Gasteiger partial charge in [-0.2, -0.15) is 5.10 Å². The van der Waals surface area contributed by atoms with Crippen molar-refractivity contribution < 1.29 is 14.3 Å². The van der Waals surface area contributed by atoms with Crippen LogP contribution < -0.4 is 14.9 Å². The average Bonchev–Trinajstić information content (AvgIpc) is 2.59. The SMILES string of the molecule is COc1ccc(OCC(=O)N/N=C(\C)c2ccccc2)c(I)c1. The van der Waals surface area contributed by atoms with Gasteiger partial charge in [-0.3, -0.25) is 4.79 Å². The maximum atomic E-state index is 11.8. The van der Waals surface area contributed by atoms with Crippen molar-refractivity contribution in [3.8, 4) is 11.5 Å². The van der Waals surface area contributed by atoms with Gasteiger partial charge in [0.2, 0.25) is 0 Å². The summed E-state index contributed by atoms with van der Waals surface area (Å²) in [5.74, 6) is 1.06. The highest BCUT2D eigenvalue weighted by molar-refractivity contribution is 14.1. The molecule has 2 rings (SSSR count). The molecule has 0 unspecified atom stereocenters. The number of carbonyl (C=O) groups is 1. The maximum absolute atomic E-state index is 11.8. The number of benzene rings is 2. The molecule has 0 fully saturated rings. The van der Waals surface area contributed by atoms with Crippen LogP contribution in [0.4, 0.5) is 0 Å². The lowest BCUT2D eigenvalue weighted by molar-refractivity contribution is -0.123. The number of halogens is 1. The molecule has 0 aromatic heterocycles. The molecule has 0 atom stereocenters. The van der Waals surface area contributed by atoms with Crippen molar-refractivity contribution in [1.29, 1.82) is 0 Å². The van der Waals surface area contributed by atoms with Gasteiger partial charge < -0.3 is 9.47 Å². The molecule has 2 aromatic rings. The first kappa shape index (κ1) is 17.3. The summed E-state index contributed by atoms with van der Waals surface area (Å²) in [6.07, 6.45) is 0. The molecule has 0 aliphatic heterocycles. The summed E-state index contributed by atoms with van der Waals surface area (Å²) < 4.78 is 11.5. The largest absolute Gasteiger partial charge is 0.497 e. The number of carbonyl (C=O) groups excluding carboxylic acids is 1. The number of ether oxygens (including phenoxy) is 2. The molecule has 0 aliphatic carbocycles. The lowest BCUT2D eigenvalue weighted by Gasteiger charge is -2.09.